The number of fused-ring (bicyclic) bond motifs is 1. The molecule has 0 atom stereocenters. The van der Waals surface area contributed by atoms with Crippen LogP contribution in [0.25, 0.3) is 10.9 Å². The largest absolute Gasteiger partial charge is 0.476 e. The smallest absolute Gasteiger partial charge is 0.270 e. The van der Waals surface area contributed by atoms with E-state index >= 15 is 0 Å². The molecule has 0 spiro atoms. The Morgan fingerprint density at radius 2 is 2.24 bits per heavy atom. The Morgan fingerprint density at radius 3 is 2.82 bits per heavy atom. The SMILES string of the molecule is CCOc1nn(CC)c2ccc([N+](=O)[O-])cc12. The number of nitro groups is 1. The van der Waals surface area contributed by atoms with Gasteiger partial charge in [0, 0.05) is 18.7 Å². The van der Waals surface area contributed by atoms with E-state index in [1.54, 1.807) is 10.7 Å². The molecule has 1 aromatic heterocycles. The van der Waals surface area contributed by atoms with Gasteiger partial charge in [0.25, 0.3) is 5.69 Å². The average Bonchev–Trinajstić information content (AvgIpc) is 2.67. The van der Waals surface area contributed by atoms with Crippen LogP contribution >= 0.6 is 0 Å². The van der Waals surface area contributed by atoms with Crippen molar-refractivity contribution in [2.24, 2.45) is 0 Å². The lowest BCUT2D eigenvalue weighted by Gasteiger charge is -1.97. The van der Waals surface area contributed by atoms with Crippen LogP contribution in [0, 0.1) is 10.1 Å². The van der Waals surface area contributed by atoms with E-state index in [0.717, 1.165) is 5.52 Å². The van der Waals surface area contributed by atoms with Crippen LogP contribution in [0.4, 0.5) is 5.69 Å². The minimum atomic E-state index is -0.418. The molecule has 0 bridgehead atoms. The van der Waals surface area contributed by atoms with Crippen molar-refractivity contribution >= 4 is 16.6 Å². The van der Waals surface area contributed by atoms with Gasteiger partial charge in [-0.05, 0) is 19.9 Å². The number of hydrogen-bond donors (Lipinski definition) is 0. The van der Waals surface area contributed by atoms with Gasteiger partial charge in [0.05, 0.1) is 22.4 Å². The van der Waals surface area contributed by atoms with Crippen molar-refractivity contribution in [2.75, 3.05) is 6.61 Å². The maximum Gasteiger partial charge on any atom is 0.270 e. The lowest BCUT2D eigenvalue weighted by molar-refractivity contribution is -0.384. The molecule has 17 heavy (non-hydrogen) atoms. The summed E-state index contributed by atoms with van der Waals surface area (Å²) in [7, 11) is 0. The van der Waals surface area contributed by atoms with Gasteiger partial charge in [-0.1, -0.05) is 0 Å². The first kappa shape index (κ1) is 11.4. The van der Waals surface area contributed by atoms with Crippen LogP contribution in [0.3, 0.4) is 0 Å². The number of nitro benzene ring substituents is 1. The van der Waals surface area contributed by atoms with Gasteiger partial charge >= 0.3 is 0 Å². The molecule has 0 saturated carbocycles. The maximum atomic E-state index is 10.7. The zero-order chi connectivity index (χ0) is 12.4. The predicted octanol–water partition coefficient (Wildman–Crippen LogP) is 2.36. The fourth-order valence-electron chi connectivity index (χ4n) is 1.74. The summed E-state index contributed by atoms with van der Waals surface area (Å²) in [6, 6.07) is 4.68. The first-order valence-corrected chi connectivity index (χ1v) is 5.45. The zero-order valence-electron chi connectivity index (χ0n) is 9.71. The molecule has 0 fully saturated rings. The molecule has 0 radical (unpaired) electrons. The topological polar surface area (TPSA) is 70.2 Å². The third-order valence-electron chi connectivity index (χ3n) is 2.49. The van der Waals surface area contributed by atoms with Gasteiger partial charge in [0.2, 0.25) is 5.88 Å². The van der Waals surface area contributed by atoms with Crippen LogP contribution in [-0.4, -0.2) is 21.3 Å². The second kappa shape index (κ2) is 4.40. The normalized spacial score (nSPS) is 10.7. The van der Waals surface area contributed by atoms with Crippen molar-refractivity contribution in [2.45, 2.75) is 20.4 Å². The van der Waals surface area contributed by atoms with E-state index in [9.17, 15) is 10.1 Å². The second-order valence-electron chi connectivity index (χ2n) is 3.51. The first-order chi connectivity index (χ1) is 8.17. The number of benzene rings is 1. The molecule has 6 heteroatoms. The molecular formula is C11H13N3O3. The van der Waals surface area contributed by atoms with E-state index < -0.39 is 4.92 Å². The minimum Gasteiger partial charge on any atom is -0.476 e. The molecule has 0 amide bonds. The highest BCUT2D eigenvalue weighted by molar-refractivity contribution is 5.86. The number of aromatic nitrogens is 2. The molecule has 2 rings (SSSR count). The summed E-state index contributed by atoms with van der Waals surface area (Å²) in [6.07, 6.45) is 0. The highest BCUT2D eigenvalue weighted by Gasteiger charge is 2.14. The predicted molar refractivity (Wildman–Crippen MR) is 63.2 cm³/mol. The highest BCUT2D eigenvalue weighted by atomic mass is 16.6. The number of non-ortho nitro benzene ring substituents is 1. The van der Waals surface area contributed by atoms with Crippen LogP contribution in [0.15, 0.2) is 18.2 Å². The molecular weight excluding hydrogens is 222 g/mol. The van der Waals surface area contributed by atoms with Crippen molar-refractivity contribution in [3.8, 4) is 5.88 Å². The van der Waals surface area contributed by atoms with Crippen LogP contribution in [0.1, 0.15) is 13.8 Å². The van der Waals surface area contributed by atoms with Gasteiger partial charge in [-0.2, -0.15) is 0 Å². The maximum absolute atomic E-state index is 10.7. The van der Waals surface area contributed by atoms with E-state index in [2.05, 4.69) is 5.10 Å². The van der Waals surface area contributed by atoms with Crippen molar-refractivity contribution in [3.63, 3.8) is 0 Å². The Kier molecular flexibility index (Phi) is 2.95. The molecule has 2 aromatic rings. The van der Waals surface area contributed by atoms with E-state index in [1.165, 1.54) is 12.1 Å². The molecule has 0 aliphatic heterocycles. The molecule has 0 saturated heterocycles. The van der Waals surface area contributed by atoms with Gasteiger partial charge in [-0.3, -0.25) is 14.8 Å². The van der Waals surface area contributed by atoms with E-state index in [-0.39, 0.29) is 5.69 Å². The second-order valence-corrected chi connectivity index (χ2v) is 3.51. The van der Waals surface area contributed by atoms with Gasteiger partial charge in [0.1, 0.15) is 0 Å². The third-order valence-corrected chi connectivity index (χ3v) is 2.49. The van der Waals surface area contributed by atoms with E-state index in [1.807, 2.05) is 13.8 Å². The van der Waals surface area contributed by atoms with Crippen molar-refractivity contribution in [1.82, 2.24) is 9.78 Å². The Balaban J connectivity index is 2.64. The number of hydrogen-bond acceptors (Lipinski definition) is 4. The molecule has 0 aliphatic carbocycles. The van der Waals surface area contributed by atoms with Crippen LogP contribution in [0.2, 0.25) is 0 Å². The van der Waals surface area contributed by atoms with Crippen LogP contribution < -0.4 is 4.74 Å². The number of ether oxygens (including phenoxy) is 1. The fourth-order valence-corrected chi connectivity index (χ4v) is 1.74. The lowest BCUT2D eigenvalue weighted by Crippen LogP contribution is -1.97. The molecule has 1 heterocycles. The standard InChI is InChI=1S/C11H13N3O3/c1-3-13-10-6-5-8(14(15)16)7-9(10)11(12-13)17-4-2/h5-7H,3-4H2,1-2H3. The summed E-state index contributed by atoms with van der Waals surface area (Å²) in [6.45, 7) is 5.00. The summed E-state index contributed by atoms with van der Waals surface area (Å²) in [5, 5.41) is 15.7. The number of rotatable bonds is 4. The quantitative estimate of drug-likeness (QED) is 0.602. The van der Waals surface area contributed by atoms with E-state index in [0.29, 0.717) is 24.4 Å². The number of nitrogens with zero attached hydrogens (tertiary/aromatic N) is 3. The highest BCUT2D eigenvalue weighted by Crippen LogP contribution is 2.28. The Labute approximate surface area is 97.9 Å². The van der Waals surface area contributed by atoms with E-state index in [4.69, 9.17) is 4.74 Å². The lowest BCUT2D eigenvalue weighted by atomic mass is 10.2. The molecule has 6 nitrogen and oxygen atoms in total. The minimum absolute atomic E-state index is 0.0501. The van der Waals surface area contributed by atoms with Gasteiger partial charge < -0.3 is 4.74 Å². The zero-order valence-corrected chi connectivity index (χ0v) is 9.71. The molecule has 1 aromatic carbocycles. The number of aryl methyl sites for hydroxylation is 1. The monoisotopic (exact) mass is 235 g/mol. The molecule has 0 N–H and O–H groups in total. The molecule has 0 unspecified atom stereocenters. The van der Waals surface area contributed by atoms with Crippen molar-refractivity contribution in [3.05, 3.63) is 28.3 Å². The Morgan fingerprint density at radius 1 is 1.47 bits per heavy atom. The summed E-state index contributed by atoms with van der Waals surface area (Å²) >= 11 is 0. The van der Waals surface area contributed by atoms with Crippen LogP contribution in [-0.2, 0) is 6.54 Å². The summed E-state index contributed by atoms with van der Waals surface area (Å²) < 4.78 is 7.15. The first-order valence-electron chi connectivity index (χ1n) is 5.45. The summed E-state index contributed by atoms with van der Waals surface area (Å²) in [5.41, 5.74) is 0.899. The third kappa shape index (κ3) is 1.93. The van der Waals surface area contributed by atoms with Crippen molar-refractivity contribution in [1.29, 1.82) is 0 Å². The molecule has 0 aliphatic rings. The molecule has 90 valence electrons. The Hall–Kier alpha value is -2.11. The van der Waals surface area contributed by atoms with Gasteiger partial charge in [-0.15, -0.1) is 5.10 Å². The fraction of sp³-hybridized carbons (Fsp3) is 0.364. The van der Waals surface area contributed by atoms with Gasteiger partial charge in [0.15, 0.2) is 0 Å². The van der Waals surface area contributed by atoms with Gasteiger partial charge in [-0.25, -0.2) is 0 Å². The summed E-state index contributed by atoms with van der Waals surface area (Å²) in [5.74, 6) is 0.452. The Bertz CT molecular complexity index is 562. The average molecular weight is 235 g/mol. The van der Waals surface area contributed by atoms with Crippen LogP contribution in [0.5, 0.6) is 5.88 Å². The summed E-state index contributed by atoms with van der Waals surface area (Å²) in [4.78, 5) is 10.3. The van der Waals surface area contributed by atoms with Crippen molar-refractivity contribution < 1.29 is 9.66 Å².